The Labute approximate surface area is 118 Å². The number of fused-ring (bicyclic) bond motifs is 1. The van der Waals surface area contributed by atoms with E-state index in [2.05, 4.69) is 20.9 Å². The molecule has 0 aliphatic carbocycles. The Bertz CT molecular complexity index is 616. The fourth-order valence-electron chi connectivity index (χ4n) is 1.55. The Kier molecular flexibility index (Phi) is 3.38. The number of nitrogens with zero attached hydrogens (tertiary/aromatic N) is 2. The van der Waals surface area contributed by atoms with Crippen molar-refractivity contribution >= 4 is 44.5 Å². The predicted octanol–water partition coefficient (Wildman–Crippen LogP) is 4.24. The molecular weight excluding hydrogens is 320 g/mol. The Balaban J connectivity index is 2.53. The molecule has 0 fully saturated rings. The van der Waals surface area contributed by atoms with Gasteiger partial charge in [0.05, 0.1) is 10.5 Å². The van der Waals surface area contributed by atoms with E-state index in [1.807, 2.05) is 20.8 Å². The minimum absolute atomic E-state index is 0.407. The van der Waals surface area contributed by atoms with Crippen LogP contribution in [0.25, 0.3) is 10.9 Å². The first-order valence-corrected chi connectivity index (χ1v) is 6.51. The molecular formula is C12H12BrClN2O2. The van der Waals surface area contributed by atoms with Gasteiger partial charge in [0.1, 0.15) is 10.2 Å². The van der Waals surface area contributed by atoms with Gasteiger partial charge in [-0.15, -0.1) is 0 Å². The number of carbonyl (C=O) groups excluding carboxylic acids is 1. The van der Waals surface area contributed by atoms with Crippen molar-refractivity contribution in [3.63, 3.8) is 0 Å². The number of aromatic nitrogens is 2. The summed E-state index contributed by atoms with van der Waals surface area (Å²) in [4.78, 5) is 16.1. The summed E-state index contributed by atoms with van der Waals surface area (Å²) in [5.41, 5.74) is 0.0394. The highest BCUT2D eigenvalue weighted by atomic mass is 79.9. The van der Waals surface area contributed by atoms with Gasteiger partial charge < -0.3 is 4.74 Å². The van der Waals surface area contributed by atoms with Crippen molar-refractivity contribution in [1.29, 1.82) is 0 Å². The lowest BCUT2D eigenvalue weighted by molar-refractivity contribution is 0.0544. The van der Waals surface area contributed by atoms with Gasteiger partial charge in [-0.3, -0.25) is 4.57 Å². The summed E-state index contributed by atoms with van der Waals surface area (Å²) in [6, 6.07) is 1.77. The molecule has 2 aromatic heterocycles. The number of carbonyl (C=O) groups is 1. The molecule has 0 spiro atoms. The quantitative estimate of drug-likeness (QED) is 0.678. The van der Waals surface area contributed by atoms with Crippen LogP contribution in [-0.2, 0) is 4.74 Å². The third-order valence-corrected chi connectivity index (χ3v) is 3.12. The lowest BCUT2D eigenvalue weighted by Gasteiger charge is -2.19. The molecule has 2 aromatic rings. The molecule has 96 valence electrons. The van der Waals surface area contributed by atoms with Crippen LogP contribution in [0.1, 0.15) is 20.8 Å². The van der Waals surface area contributed by atoms with Gasteiger partial charge in [-0.2, -0.15) is 0 Å². The van der Waals surface area contributed by atoms with Crippen molar-refractivity contribution < 1.29 is 9.53 Å². The van der Waals surface area contributed by atoms with Crippen molar-refractivity contribution in [3.05, 3.63) is 28.1 Å². The molecule has 0 atom stereocenters. The predicted molar refractivity (Wildman–Crippen MR) is 74.1 cm³/mol. The highest BCUT2D eigenvalue weighted by molar-refractivity contribution is 9.10. The second-order valence-electron chi connectivity index (χ2n) is 4.83. The fraction of sp³-hybridized carbons (Fsp3) is 0.333. The number of rotatable bonds is 0. The minimum atomic E-state index is -0.551. The third-order valence-electron chi connectivity index (χ3n) is 2.22. The molecule has 0 aliphatic rings. The van der Waals surface area contributed by atoms with Crippen LogP contribution in [-0.4, -0.2) is 21.2 Å². The molecule has 0 aliphatic heterocycles. The second-order valence-corrected chi connectivity index (χ2v) is 5.98. The van der Waals surface area contributed by atoms with Crippen molar-refractivity contribution in [3.8, 4) is 0 Å². The van der Waals surface area contributed by atoms with Crippen LogP contribution < -0.4 is 0 Å². The van der Waals surface area contributed by atoms with Crippen LogP contribution in [0.4, 0.5) is 4.79 Å². The molecule has 6 heteroatoms. The van der Waals surface area contributed by atoms with Crippen molar-refractivity contribution in [2.75, 3.05) is 0 Å². The maximum absolute atomic E-state index is 12.0. The largest absolute Gasteiger partial charge is 0.443 e. The molecule has 0 bridgehead atoms. The van der Waals surface area contributed by atoms with E-state index in [0.29, 0.717) is 15.1 Å². The van der Waals surface area contributed by atoms with Gasteiger partial charge >= 0.3 is 6.09 Å². The first kappa shape index (κ1) is 13.4. The highest BCUT2D eigenvalue weighted by Gasteiger charge is 2.20. The SMILES string of the molecule is CC(C)(C)OC(=O)n1ccc2c(Br)ncc(Cl)c21. The Morgan fingerprint density at radius 2 is 2.17 bits per heavy atom. The molecule has 0 N–H and O–H groups in total. The van der Waals surface area contributed by atoms with Gasteiger partial charge in [-0.25, -0.2) is 9.78 Å². The van der Waals surface area contributed by atoms with E-state index < -0.39 is 11.7 Å². The van der Waals surface area contributed by atoms with E-state index >= 15 is 0 Å². The lowest BCUT2D eigenvalue weighted by atomic mass is 10.2. The highest BCUT2D eigenvalue weighted by Crippen LogP contribution is 2.29. The topological polar surface area (TPSA) is 44.1 Å². The summed E-state index contributed by atoms with van der Waals surface area (Å²) < 4.78 is 7.34. The number of pyridine rings is 1. The molecule has 4 nitrogen and oxygen atoms in total. The number of ether oxygens (including phenoxy) is 1. The first-order valence-electron chi connectivity index (χ1n) is 5.34. The summed E-state index contributed by atoms with van der Waals surface area (Å²) in [7, 11) is 0. The minimum Gasteiger partial charge on any atom is -0.443 e. The fourth-order valence-corrected chi connectivity index (χ4v) is 2.21. The van der Waals surface area contributed by atoms with Crippen LogP contribution in [0.5, 0.6) is 0 Å². The summed E-state index contributed by atoms with van der Waals surface area (Å²) in [6.07, 6.45) is 2.66. The Hall–Kier alpha value is -1.07. The first-order chi connectivity index (χ1) is 8.29. The molecule has 2 rings (SSSR count). The van der Waals surface area contributed by atoms with Gasteiger partial charge in [0.15, 0.2) is 0 Å². The Morgan fingerprint density at radius 1 is 1.50 bits per heavy atom. The van der Waals surface area contributed by atoms with Gasteiger partial charge in [-0.1, -0.05) is 11.6 Å². The normalized spacial score (nSPS) is 11.8. The van der Waals surface area contributed by atoms with Crippen molar-refractivity contribution in [1.82, 2.24) is 9.55 Å². The molecule has 0 amide bonds. The van der Waals surface area contributed by atoms with Gasteiger partial charge in [0.25, 0.3) is 0 Å². The molecule has 0 unspecified atom stereocenters. The van der Waals surface area contributed by atoms with Crippen LogP contribution in [0.3, 0.4) is 0 Å². The summed E-state index contributed by atoms with van der Waals surface area (Å²) in [5, 5.41) is 1.18. The van der Waals surface area contributed by atoms with E-state index in [9.17, 15) is 4.79 Å². The number of hydrogen-bond donors (Lipinski definition) is 0. The number of hydrogen-bond acceptors (Lipinski definition) is 3. The van der Waals surface area contributed by atoms with Crippen LogP contribution >= 0.6 is 27.5 Å². The van der Waals surface area contributed by atoms with E-state index in [0.717, 1.165) is 5.39 Å². The van der Waals surface area contributed by atoms with Crippen LogP contribution in [0.2, 0.25) is 5.02 Å². The molecule has 0 aromatic carbocycles. The van der Waals surface area contributed by atoms with E-state index in [-0.39, 0.29) is 0 Å². The Morgan fingerprint density at radius 3 is 2.78 bits per heavy atom. The zero-order valence-corrected chi connectivity index (χ0v) is 12.5. The molecule has 0 radical (unpaired) electrons. The van der Waals surface area contributed by atoms with E-state index in [4.69, 9.17) is 16.3 Å². The van der Waals surface area contributed by atoms with E-state index in [1.165, 1.54) is 10.8 Å². The van der Waals surface area contributed by atoms with Gasteiger partial charge in [-0.05, 0) is 42.8 Å². The summed E-state index contributed by atoms with van der Waals surface area (Å²) >= 11 is 9.40. The smallest absolute Gasteiger partial charge is 0.419 e. The molecule has 0 saturated carbocycles. The maximum atomic E-state index is 12.0. The monoisotopic (exact) mass is 330 g/mol. The van der Waals surface area contributed by atoms with Crippen LogP contribution in [0.15, 0.2) is 23.1 Å². The average molecular weight is 332 g/mol. The van der Waals surface area contributed by atoms with Gasteiger partial charge in [0.2, 0.25) is 0 Å². The second kappa shape index (κ2) is 4.55. The van der Waals surface area contributed by atoms with Gasteiger partial charge in [0, 0.05) is 17.8 Å². The van der Waals surface area contributed by atoms with Crippen molar-refractivity contribution in [2.24, 2.45) is 0 Å². The number of halogens is 2. The average Bonchev–Trinajstić information content (AvgIpc) is 2.66. The molecule has 0 saturated heterocycles. The third kappa shape index (κ3) is 2.52. The van der Waals surface area contributed by atoms with Crippen molar-refractivity contribution in [2.45, 2.75) is 26.4 Å². The standard InChI is InChI=1S/C12H12BrClN2O2/c1-12(2,3)18-11(17)16-5-4-7-9(16)8(14)6-15-10(7)13/h4-6H,1-3H3. The molecule has 2 heterocycles. The molecule has 18 heavy (non-hydrogen) atoms. The summed E-state index contributed by atoms with van der Waals surface area (Å²) in [6.45, 7) is 5.45. The maximum Gasteiger partial charge on any atom is 0.419 e. The van der Waals surface area contributed by atoms with E-state index in [1.54, 1.807) is 12.3 Å². The zero-order chi connectivity index (χ0) is 13.5. The summed E-state index contributed by atoms with van der Waals surface area (Å²) in [5.74, 6) is 0. The van der Waals surface area contributed by atoms with Crippen LogP contribution in [0, 0.1) is 0 Å². The lowest BCUT2D eigenvalue weighted by Crippen LogP contribution is -2.26. The zero-order valence-electron chi connectivity index (χ0n) is 10.2.